The van der Waals surface area contributed by atoms with E-state index >= 15 is 0 Å². The van der Waals surface area contributed by atoms with E-state index in [1.165, 1.54) is 11.1 Å². The molecule has 2 aromatic carbocycles. The highest BCUT2D eigenvalue weighted by Crippen LogP contribution is 2.50. The van der Waals surface area contributed by atoms with Crippen LogP contribution in [0.1, 0.15) is 18.1 Å². The summed E-state index contributed by atoms with van der Waals surface area (Å²) in [6, 6.07) is 16.4. The molecule has 0 aromatic heterocycles. The fourth-order valence-corrected chi connectivity index (χ4v) is 2.82. The zero-order valence-electron chi connectivity index (χ0n) is 9.95. The number of hydrogen-bond donors (Lipinski definition) is 0. The Morgan fingerprint density at radius 2 is 1.61 bits per heavy atom. The van der Waals surface area contributed by atoms with Crippen molar-refractivity contribution in [3.63, 3.8) is 0 Å². The van der Waals surface area contributed by atoms with E-state index in [4.69, 9.17) is 23.2 Å². The lowest BCUT2D eigenvalue weighted by atomic mass is 9.97. The minimum absolute atomic E-state index is 0.889. The maximum Gasteiger partial charge on any atom is 0.164 e. The van der Waals surface area contributed by atoms with Crippen molar-refractivity contribution in [2.45, 2.75) is 11.3 Å². The molecule has 1 aliphatic carbocycles. The molecule has 1 aliphatic rings. The van der Waals surface area contributed by atoms with Gasteiger partial charge in [-0.25, -0.2) is 0 Å². The third-order valence-electron chi connectivity index (χ3n) is 3.39. The van der Waals surface area contributed by atoms with E-state index in [9.17, 15) is 0 Å². The van der Waals surface area contributed by atoms with Crippen LogP contribution in [0.5, 0.6) is 0 Å². The summed E-state index contributed by atoms with van der Waals surface area (Å²) in [5, 5.41) is 0. The molecule has 0 saturated heterocycles. The highest BCUT2D eigenvalue weighted by atomic mass is 35.5. The lowest BCUT2D eigenvalue weighted by Gasteiger charge is -2.17. The average molecular weight is 275 g/mol. The van der Waals surface area contributed by atoms with Gasteiger partial charge in [0.15, 0.2) is 4.33 Å². The number of rotatable bonds is 1. The molecule has 0 radical (unpaired) electrons. The fourth-order valence-electron chi connectivity index (χ4n) is 2.38. The summed E-state index contributed by atoms with van der Waals surface area (Å²) in [7, 11) is 0. The number of allylic oxidation sites excluding steroid dienone is 1. The van der Waals surface area contributed by atoms with E-state index < -0.39 is 4.33 Å². The lowest BCUT2D eigenvalue weighted by Crippen LogP contribution is -2.08. The Morgan fingerprint density at radius 3 is 2.33 bits per heavy atom. The Hall–Kier alpha value is -1.24. The average Bonchev–Trinajstić information content (AvgIpc) is 2.62. The second kappa shape index (κ2) is 4.15. The summed E-state index contributed by atoms with van der Waals surface area (Å²) in [6.45, 7) is 1.97. The molecule has 18 heavy (non-hydrogen) atoms. The third kappa shape index (κ3) is 1.68. The van der Waals surface area contributed by atoms with Gasteiger partial charge in [0.25, 0.3) is 0 Å². The number of hydrogen-bond acceptors (Lipinski definition) is 0. The van der Waals surface area contributed by atoms with E-state index in [0.717, 1.165) is 16.7 Å². The third-order valence-corrected chi connectivity index (χ3v) is 4.39. The first kappa shape index (κ1) is 11.8. The standard InChI is InChI=1S/C16H12Cl2/c1-11-10-14-13(12-6-3-2-4-7-12)8-5-9-15(14)16(11,17)18/h2-10H,1H3. The van der Waals surface area contributed by atoms with Crippen LogP contribution in [0.3, 0.4) is 0 Å². The molecule has 2 aromatic rings. The van der Waals surface area contributed by atoms with Crippen molar-refractivity contribution in [3.8, 4) is 11.1 Å². The molecule has 0 fully saturated rings. The van der Waals surface area contributed by atoms with Crippen molar-refractivity contribution in [1.82, 2.24) is 0 Å². The molecule has 0 saturated carbocycles. The van der Waals surface area contributed by atoms with E-state index in [1.54, 1.807) is 0 Å². The molecular weight excluding hydrogens is 263 g/mol. The highest BCUT2D eigenvalue weighted by molar-refractivity contribution is 6.51. The lowest BCUT2D eigenvalue weighted by molar-refractivity contribution is 1.04. The second-order valence-corrected chi connectivity index (χ2v) is 5.86. The Morgan fingerprint density at radius 1 is 0.889 bits per heavy atom. The van der Waals surface area contributed by atoms with Gasteiger partial charge in [-0.3, -0.25) is 0 Å². The molecule has 0 unspecified atom stereocenters. The van der Waals surface area contributed by atoms with Crippen LogP contribution in [0.25, 0.3) is 17.2 Å². The summed E-state index contributed by atoms with van der Waals surface area (Å²) in [5.41, 5.74) is 5.44. The first-order chi connectivity index (χ1) is 8.60. The van der Waals surface area contributed by atoms with Crippen LogP contribution >= 0.6 is 23.2 Å². The molecule has 0 heterocycles. The van der Waals surface area contributed by atoms with Gasteiger partial charge in [-0.2, -0.15) is 0 Å². The highest BCUT2D eigenvalue weighted by Gasteiger charge is 2.36. The van der Waals surface area contributed by atoms with Crippen molar-refractivity contribution < 1.29 is 0 Å². The summed E-state index contributed by atoms with van der Waals surface area (Å²) >= 11 is 12.8. The predicted octanol–water partition coefficient (Wildman–Crippen LogP) is 5.40. The van der Waals surface area contributed by atoms with E-state index in [1.807, 2.05) is 37.3 Å². The maximum atomic E-state index is 6.41. The summed E-state index contributed by atoms with van der Waals surface area (Å²) in [5.74, 6) is 0. The minimum Gasteiger partial charge on any atom is -0.0913 e. The first-order valence-electron chi connectivity index (χ1n) is 5.86. The maximum absolute atomic E-state index is 6.41. The van der Waals surface area contributed by atoms with Crippen LogP contribution in [-0.2, 0) is 4.33 Å². The molecule has 0 aliphatic heterocycles. The Balaban J connectivity index is 2.25. The monoisotopic (exact) mass is 274 g/mol. The van der Waals surface area contributed by atoms with Crippen molar-refractivity contribution in [1.29, 1.82) is 0 Å². The van der Waals surface area contributed by atoms with Gasteiger partial charge in [-0.05, 0) is 34.8 Å². The quantitative estimate of drug-likeness (QED) is 0.611. The minimum atomic E-state index is -0.889. The largest absolute Gasteiger partial charge is 0.164 e. The number of halogens is 2. The molecule has 0 spiro atoms. The normalized spacial score (nSPS) is 16.3. The van der Waals surface area contributed by atoms with Crippen LogP contribution in [-0.4, -0.2) is 0 Å². The predicted molar refractivity (Wildman–Crippen MR) is 78.9 cm³/mol. The van der Waals surface area contributed by atoms with Gasteiger partial charge >= 0.3 is 0 Å². The zero-order chi connectivity index (χ0) is 12.8. The molecule has 3 rings (SSSR count). The Labute approximate surface area is 117 Å². The molecule has 0 bridgehead atoms. The number of alkyl halides is 2. The summed E-state index contributed by atoms with van der Waals surface area (Å²) in [4.78, 5) is 0. The van der Waals surface area contributed by atoms with Crippen LogP contribution in [0.4, 0.5) is 0 Å². The van der Waals surface area contributed by atoms with Gasteiger partial charge in [-0.15, -0.1) is 0 Å². The van der Waals surface area contributed by atoms with Crippen LogP contribution in [0.2, 0.25) is 0 Å². The molecule has 0 nitrogen and oxygen atoms in total. The molecule has 0 N–H and O–H groups in total. The van der Waals surface area contributed by atoms with Gasteiger partial charge in [-0.1, -0.05) is 77.8 Å². The molecule has 0 amide bonds. The second-order valence-electron chi connectivity index (χ2n) is 4.53. The van der Waals surface area contributed by atoms with Crippen molar-refractivity contribution in [3.05, 3.63) is 65.2 Å². The van der Waals surface area contributed by atoms with Crippen molar-refractivity contribution in [2.75, 3.05) is 0 Å². The molecular formula is C16H12Cl2. The van der Waals surface area contributed by atoms with Gasteiger partial charge in [0.2, 0.25) is 0 Å². The van der Waals surface area contributed by atoms with Gasteiger partial charge in [0.1, 0.15) is 0 Å². The summed E-state index contributed by atoms with van der Waals surface area (Å²) in [6.07, 6.45) is 2.08. The Bertz CT molecular complexity index is 625. The van der Waals surface area contributed by atoms with Gasteiger partial charge < -0.3 is 0 Å². The molecule has 2 heteroatoms. The molecule has 0 atom stereocenters. The van der Waals surface area contributed by atoms with Gasteiger partial charge in [0, 0.05) is 0 Å². The van der Waals surface area contributed by atoms with Crippen LogP contribution < -0.4 is 0 Å². The fraction of sp³-hybridized carbons (Fsp3) is 0.125. The molecule has 90 valence electrons. The Kier molecular flexibility index (Phi) is 2.73. The number of benzene rings is 2. The van der Waals surface area contributed by atoms with E-state index in [2.05, 4.69) is 24.3 Å². The number of fused-ring (bicyclic) bond motifs is 1. The zero-order valence-corrected chi connectivity index (χ0v) is 11.5. The van der Waals surface area contributed by atoms with Gasteiger partial charge in [0.05, 0.1) is 0 Å². The van der Waals surface area contributed by atoms with Crippen molar-refractivity contribution in [2.24, 2.45) is 0 Å². The van der Waals surface area contributed by atoms with Crippen LogP contribution in [0, 0.1) is 0 Å². The van der Waals surface area contributed by atoms with E-state index in [-0.39, 0.29) is 0 Å². The first-order valence-corrected chi connectivity index (χ1v) is 6.62. The smallest absolute Gasteiger partial charge is 0.0913 e. The summed E-state index contributed by atoms with van der Waals surface area (Å²) < 4.78 is -0.889. The topological polar surface area (TPSA) is 0 Å². The van der Waals surface area contributed by atoms with E-state index in [0.29, 0.717) is 0 Å². The SMILES string of the molecule is CC1=Cc2c(-c3ccccc3)cccc2C1(Cl)Cl. The van der Waals surface area contributed by atoms with Crippen LogP contribution in [0.15, 0.2) is 54.1 Å². The van der Waals surface area contributed by atoms with Crippen molar-refractivity contribution >= 4 is 29.3 Å².